The zero-order chi connectivity index (χ0) is 13.9. The van der Waals surface area contributed by atoms with Gasteiger partial charge < -0.3 is 9.84 Å². The molecule has 3 heteroatoms. The number of rotatable bonds is 4. The Kier molecular flexibility index (Phi) is 3.59. The van der Waals surface area contributed by atoms with Gasteiger partial charge in [0.05, 0.1) is 12.3 Å². The molecule has 1 N–H and O–H groups in total. The highest BCUT2D eigenvalue weighted by molar-refractivity contribution is 5.33. The van der Waals surface area contributed by atoms with Crippen LogP contribution in [-0.2, 0) is 0 Å². The van der Waals surface area contributed by atoms with Crippen LogP contribution in [0, 0.1) is 6.42 Å². The van der Waals surface area contributed by atoms with E-state index in [0.29, 0.717) is 6.10 Å². The van der Waals surface area contributed by atoms with E-state index >= 15 is 0 Å². The molecule has 1 aromatic carbocycles. The molecule has 20 heavy (non-hydrogen) atoms. The molecule has 2 aromatic rings. The standard InChI is InChI=1S/C17H18NO2/c1-12(13-5-7-14(19)8-6-13)17-10-9-16(11-18-17)20-15-3-2-4-15/h2,5-12,15,19H,3-4H2,1H3. The second-order valence-corrected chi connectivity index (χ2v) is 5.23. The minimum Gasteiger partial charge on any atom is -0.508 e. The summed E-state index contributed by atoms with van der Waals surface area (Å²) in [5.41, 5.74) is 2.14. The quantitative estimate of drug-likeness (QED) is 0.919. The molecule has 0 aliphatic heterocycles. The Labute approximate surface area is 119 Å². The molecular formula is C17H18NO2. The number of nitrogens with zero attached hydrogens (tertiary/aromatic N) is 1. The van der Waals surface area contributed by atoms with Gasteiger partial charge in [-0.25, -0.2) is 0 Å². The number of phenolic OH excluding ortho intramolecular Hbond substituents is 1. The lowest BCUT2D eigenvalue weighted by atomic mass is 9.96. The monoisotopic (exact) mass is 268 g/mol. The number of ether oxygens (including phenoxy) is 1. The third-order valence-corrected chi connectivity index (χ3v) is 3.76. The molecule has 1 saturated carbocycles. The van der Waals surface area contributed by atoms with E-state index < -0.39 is 0 Å². The van der Waals surface area contributed by atoms with Crippen molar-refractivity contribution in [3.63, 3.8) is 0 Å². The number of aromatic hydroxyl groups is 1. The van der Waals surface area contributed by atoms with E-state index in [2.05, 4.69) is 18.3 Å². The van der Waals surface area contributed by atoms with E-state index in [9.17, 15) is 5.11 Å². The van der Waals surface area contributed by atoms with Gasteiger partial charge in [0.2, 0.25) is 0 Å². The normalized spacial score (nSPS) is 16.4. The lowest BCUT2D eigenvalue weighted by Gasteiger charge is -2.26. The van der Waals surface area contributed by atoms with E-state index in [-0.39, 0.29) is 11.7 Å². The van der Waals surface area contributed by atoms with E-state index in [4.69, 9.17) is 4.74 Å². The van der Waals surface area contributed by atoms with Crippen LogP contribution < -0.4 is 4.74 Å². The largest absolute Gasteiger partial charge is 0.508 e. The van der Waals surface area contributed by atoms with Crippen LogP contribution in [0.3, 0.4) is 0 Å². The maximum absolute atomic E-state index is 9.32. The summed E-state index contributed by atoms with van der Waals surface area (Å²) in [5, 5.41) is 9.32. The van der Waals surface area contributed by atoms with Crippen LogP contribution in [0.15, 0.2) is 42.6 Å². The number of aromatic nitrogens is 1. The first-order valence-electron chi connectivity index (χ1n) is 6.95. The Morgan fingerprint density at radius 3 is 2.45 bits per heavy atom. The van der Waals surface area contributed by atoms with Gasteiger partial charge >= 0.3 is 0 Å². The number of pyridine rings is 1. The molecule has 0 spiro atoms. The summed E-state index contributed by atoms with van der Waals surface area (Å²) in [4.78, 5) is 4.49. The van der Waals surface area contributed by atoms with Crippen molar-refractivity contribution in [3.05, 3.63) is 60.3 Å². The Morgan fingerprint density at radius 1 is 1.15 bits per heavy atom. The maximum Gasteiger partial charge on any atom is 0.138 e. The topological polar surface area (TPSA) is 42.4 Å². The van der Waals surface area contributed by atoms with Gasteiger partial charge in [-0.15, -0.1) is 0 Å². The fourth-order valence-electron chi connectivity index (χ4n) is 2.24. The van der Waals surface area contributed by atoms with Crippen molar-refractivity contribution in [2.24, 2.45) is 0 Å². The van der Waals surface area contributed by atoms with Crippen LogP contribution in [0.25, 0.3) is 0 Å². The summed E-state index contributed by atoms with van der Waals surface area (Å²) in [6.07, 6.45) is 6.42. The van der Waals surface area contributed by atoms with Crippen molar-refractivity contribution in [2.75, 3.05) is 0 Å². The zero-order valence-electron chi connectivity index (χ0n) is 11.5. The summed E-state index contributed by atoms with van der Waals surface area (Å²) < 4.78 is 5.78. The molecule has 1 aliphatic rings. The Balaban J connectivity index is 1.71. The van der Waals surface area contributed by atoms with Crippen molar-refractivity contribution in [2.45, 2.75) is 31.8 Å². The van der Waals surface area contributed by atoms with Crippen LogP contribution in [0.1, 0.15) is 36.9 Å². The second kappa shape index (κ2) is 5.53. The molecular weight excluding hydrogens is 250 g/mol. The molecule has 103 valence electrons. The van der Waals surface area contributed by atoms with Crippen molar-refractivity contribution in [1.29, 1.82) is 0 Å². The van der Waals surface area contributed by atoms with E-state index in [1.165, 1.54) is 0 Å². The highest BCUT2D eigenvalue weighted by Crippen LogP contribution is 2.27. The molecule has 3 nitrogen and oxygen atoms in total. The lowest BCUT2D eigenvalue weighted by molar-refractivity contribution is 0.158. The van der Waals surface area contributed by atoms with Crippen LogP contribution >= 0.6 is 0 Å². The summed E-state index contributed by atoms with van der Waals surface area (Å²) in [7, 11) is 0. The zero-order valence-corrected chi connectivity index (χ0v) is 11.5. The van der Waals surface area contributed by atoms with Gasteiger partial charge in [0.1, 0.15) is 11.5 Å². The molecule has 1 fully saturated rings. The first-order chi connectivity index (χ1) is 9.72. The van der Waals surface area contributed by atoms with Gasteiger partial charge in [0, 0.05) is 11.6 Å². The van der Waals surface area contributed by atoms with Crippen LogP contribution in [-0.4, -0.2) is 16.2 Å². The number of hydrogen-bond acceptors (Lipinski definition) is 3. The molecule has 1 heterocycles. The first kappa shape index (κ1) is 13.0. The summed E-state index contributed by atoms with van der Waals surface area (Å²) in [6, 6.07) is 11.3. The van der Waals surface area contributed by atoms with Crippen LogP contribution in [0.5, 0.6) is 11.5 Å². The van der Waals surface area contributed by atoms with Crippen molar-refractivity contribution >= 4 is 0 Å². The highest BCUT2D eigenvalue weighted by atomic mass is 16.5. The Morgan fingerprint density at radius 2 is 1.90 bits per heavy atom. The molecule has 3 rings (SSSR count). The Bertz CT molecular complexity index is 559. The van der Waals surface area contributed by atoms with Gasteiger partial charge in [-0.1, -0.05) is 19.1 Å². The molecule has 0 saturated heterocycles. The molecule has 1 aliphatic carbocycles. The summed E-state index contributed by atoms with van der Waals surface area (Å²) in [6.45, 7) is 2.11. The molecule has 1 unspecified atom stereocenters. The van der Waals surface area contributed by atoms with Gasteiger partial charge in [-0.2, -0.15) is 0 Å². The fourth-order valence-corrected chi connectivity index (χ4v) is 2.24. The van der Waals surface area contributed by atoms with Crippen LogP contribution in [0.4, 0.5) is 0 Å². The number of benzene rings is 1. The average molecular weight is 268 g/mol. The van der Waals surface area contributed by atoms with Crippen LogP contribution in [0.2, 0.25) is 0 Å². The van der Waals surface area contributed by atoms with E-state index in [1.54, 1.807) is 18.3 Å². The molecule has 1 aromatic heterocycles. The van der Waals surface area contributed by atoms with E-state index in [1.807, 2.05) is 24.3 Å². The van der Waals surface area contributed by atoms with Crippen molar-refractivity contribution in [1.82, 2.24) is 4.98 Å². The SMILES string of the molecule is CC(c1ccc(O)cc1)c1ccc(OC2C[CH]C2)cn1. The van der Waals surface area contributed by atoms with Gasteiger partial charge in [0.15, 0.2) is 0 Å². The number of hydrogen-bond donors (Lipinski definition) is 1. The van der Waals surface area contributed by atoms with E-state index in [0.717, 1.165) is 29.8 Å². The first-order valence-corrected chi connectivity index (χ1v) is 6.95. The Hall–Kier alpha value is -2.03. The van der Waals surface area contributed by atoms with Crippen molar-refractivity contribution < 1.29 is 9.84 Å². The summed E-state index contributed by atoms with van der Waals surface area (Å²) in [5.74, 6) is 1.32. The van der Waals surface area contributed by atoms with Gasteiger partial charge in [-0.05, 0) is 49.1 Å². The fraction of sp³-hybridized carbons (Fsp3) is 0.294. The lowest BCUT2D eigenvalue weighted by Crippen LogP contribution is -2.25. The minimum absolute atomic E-state index is 0.196. The molecule has 0 amide bonds. The molecule has 0 bridgehead atoms. The smallest absolute Gasteiger partial charge is 0.138 e. The van der Waals surface area contributed by atoms with Crippen molar-refractivity contribution in [3.8, 4) is 11.5 Å². The second-order valence-electron chi connectivity index (χ2n) is 5.23. The predicted octanol–water partition coefficient (Wildman–Crippen LogP) is 3.68. The predicted molar refractivity (Wildman–Crippen MR) is 77.8 cm³/mol. The summed E-state index contributed by atoms with van der Waals surface area (Å²) >= 11 is 0. The maximum atomic E-state index is 9.32. The highest BCUT2D eigenvalue weighted by Gasteiger charge is 2.19. The van der Waals surface area contributed by atoms with Gasteiger partial charge in [-0.3, -0.25) is 4.98 Å². The minimum atomic E-state index is 0.196. The molecule has 1 radical (unpaired) electrons. The molecule has 1 atom stereocenters. The average Bonchev–Trinajstić information content (AvgIpc) is 2.44. The third kappa shape index (κ3) is 2.77. The number of phenols is 1. The van der Waals surface area contributed by atoms with Gasteiger partial charge in [0.25, 0.3) is 0 Å². The third-order valence-electron chi connectivity index (χ3n) is 3.76.